The zero-order chi connectivity index (χ0) is 21.4. The number of rotatable bonds is 5. The summed E-state index contributed by atoms with van der Waals surface area (Å²) < 4.78 is 93.4. The number of nitrogens with zero attached hydrogens (tertiary/aromatic N) is 1. The van der Waals surface area contributed by atoms with Crippen molar-refractivity contribution in [3.63, 3.8) is 0 Å². The van der Waals surface area contributed by atoms with Crippen molar-refractivity contribution in [2.75, 3.05) is 21.3 Å². The number of aryl methyl sites for hydroxylation is 1. The predicted octanol–water partition coefficient (Wildman–Crippen LogP) is 3.23. The molecule has 3 rings (SSSR count). The number of halogens is 3. The Morgan fingerprint density at radius 1 is 1.10 bits per heavy atom. The van der Waals surface area contributed by atoms with Gasteiger partial charge in [0.05, 0.1) is 22.0 Å². The van der Waals surface area contributed by atoms with Gasteiger partial charge in [0.1, 0.15) is 5.75 Å². The second kappa shape index (κ2) is 7.41. The van der Waals surface area contributed by atoms with Gasteiger partial charge in [-0.25, -0.2) is 16.8 Å². The number of ether oxygens (including phenoxy) is 1. The second-order valence-electron chi connectivity index (χ2n) is 6.37. The maximum Gasteiger partial charge on any atom is 0.573 e. The summed E-state index contributed by atoms with van der Waals surface area (Å²) >= 11 is 0. The second-order valence-corrected chi connectivity index (χ2v) is 10.1. The van der Waals surface area contributed by atoms with E-state index < -0.39 is 32.2 Å². The van der Waals surface area contributed by atoms with E-state index in [0.717, 1.165) is 24.3 Å². The number of alkyl halides is 3. The van der Waals surface area contributed by atoms with Gasteiger partial charge in [-0.2, -0.15) is 0 Å². The molecule has 7 nitrogen and oxygen atoms in total. The molecule has 1 heterocycles. The minimum atomic E-state index is -4.88. The molecule has 1 N–H and O–H groups in total. The molecule has 0 amide bonds. The van der Waals surface area contributed by atoms with Crippen molar-refractivity contribution in [2.24, 2.45) is 0 Å². The van der Waals surface area contributed by atoms with Crippen molar-refractivity contribution in [3.8, 4) is 5.75 Å². The van der Waals surface area contributed by atoms with Gasteiger partial charge in [-0.15, -0.1) is 13.2 Å². The number of anilines is 2. The van der Waals surface area contributed by atoms with Crippen LogP contribution in [0.2, 0.25) is 0 Å². The zero-order valence-electron chi connectivity index (χ0n) is 15.1. The highest BCUT2D eigenvalue weighted by atomic mass is 32.2. The van der Waals surface area contributed by atoms with Gasteiger partial charge in [-0.05, 0) is 55.3 Å². The van der Waals surface area contributed by atoms with Crippen molar-refractivity contribution in [1.82, 2.24) is 0 Å². The van der Waals surface area contributed by atoms with Gasteiger partial charge < -0.3 is 4.74 Å². The fourth-order valence-corrected chi connectivity index (χ4v) is 5.51. The van der Waals surface area contributed by atoms with Gasteiger partial charge in [0.15, 0.2) is 0 Å². The largest absolute Gasteiger partial charge is 0.573 e. The van der Waals surface area contributed by atoms with Crippen LogP contribution in [0, 0.1) is 6.92 Å². The van der Waals surface area contributed by atoms with Crippen molar-refractivity contribution in [2.45, 2.75) is 24.6 Å². The van der Waals surface area contributed by atoms with Crippen LogP contribution in [0.5, 0.6) is 5.75 Å². The van der Waals surface area contributed by atoms with Crippen LogP contribution in [-0.4, -0.2) is 35.5 Å². The molecule has 0 aliphatic carbocycles. The fraction of sp³-hybridized carbons (Fsp3) is 0.294. The molecule has 2 aromatic rings. The van der Waals surface area contributed by atoms with E-state index in [1.807, 2.05) is 0 Å². The van der Waals surface area contributed by atoms with Gasteiger partial charge in [0.2, 0.25) is 10.0 Å². The Hall–Kier alpha value is -2.47. The zero-order valence-corrected chi connectivity index (χ0v) is 16.7. The Morgan fingerprint density at radius 3 is 2.31 bits per heavy atom. The van der Waals surface area contributed by atoms with E-state index in [-0.39, 0.29) is 16.3 Å². The van der Waals surface area contributed by atoms with E-state index in [4.69, 9.17) is 0 Å². The molecule has 1 aliphatic rings. The number of benzene rings is 2. The average molecular weight is 450 g/mol. The molecular weight excluding hydrogens is 433 g/mol. The van der Waals surface area contributed by atoms with Gasteiger partial charge in [0.25, 0.3) is 10.0 Å². The highest BCUT2D eigenvalue weighted by molar-refractivity contribution is 7.93. The van der Waals surface area contributed by atoms with Crippen LogP contribution < -0.4 is 13.8 Å². The van der Waals surface area contributed by atoms with Crippen molar-refractivity contribution >= 4 is 31.4 Å². The first-order valence-electron chi connectivity index (χ1n) is 8.37. The lowest BCUT2D eigenvalue weighted by molar-refractivity contribution is -0.274. The quantitative estimate of drug-likeness (QED) is 0.755. The number of nitrogens with one attached hydrogen (secondary N) is 1. The minimum Gasteiger partial charge on any atom is -0.406 e. The monoisotopic (exact) mass is 450 g/mol. The smallest absolute Gasteiger partial charge is 0.406 e. The number of hydrogen-bond donors (Lipinski definition) is 1. The van der Waals surface area contributed by atoms with Crippen LogP contribution in [-0.2, 0) is 20.0 Å². The third-order valence-electron chi connectivity index (χ3n) is 4.22. The van der Waals surface area contributed by atoms with E-state index >= 15 is 0 Å². The molecule has 0 spiro atoms. The molecule has 0 saturated carbocycles. The number of sulfonamides is 2. The SMILES string of the molecule is Cc1ccc(N2CCCS2(=O)=O)cc1NS(=O)(=O)c1ccc(OC(F)(F)F)cc1. The molecule has 1 aliphatic heterocycles. The van der Waals surface area contributed by atoms with Crippen LogP contribution in [0.4, 0.5) is 24.5 Å². The van der Waals surface area contributed by atoms with Gasteiger partial charge in [-0.1, -0.05) is 6.07 Å². The van der Waals surface area contributed by atoms with Crippen LogP contribution in [0.1, 0.15) is 12.0 Å². The van der Waals surface area contributed by atoms with Crippen LogP contribution in [0.25, 0.3) is 0 Å². The first-order valence-corrected chi connectivity index (χ1v) is 11.5. The Balaban J connectivity index is 1.86. The lowest BCUT2D eigenvalue weighted by Crippen LogP contribution is -2.25. The fourth-order valence-electron chi connectivity index (χ4n) is 2.83. The Kier molecular flexibility index (Phi) is 5.43. The Morgan fingerprint density at radius 2 is 1.76 bits per heavy atom. The standard InChI is InChI=1S/C17H17F3N2O5S2/c1-12-3-4-13(22-9-2-10-28(22,23)24)11-16(12)21-29(25,26)15-7-5-14(6-8-15)27-17(18,19)20/h3-8,11,21H,2,9-10H2,1H3. The molecule has 0 bridgehead atoms. The summed E-state index contributed by atoms with van der Waals surface area (Å²) in [6.07, 6.45) is -4.41. The molecule has 0 aromatic heterocycles. The molecule has 0 radical (unpaired) electrons. The molecular formula is C17H17F3N2O5S2. The van der Waals surface area contributed by atoms with E-state index in [1.165, 1.54) is 10.4 Å². The van der Waals surface area contributed by atoms with Gasteiger partial charge in [0, 0.05) is 6.54 Å². The third kappa shape index (κ3) is 4.93. The molecule has 2 aromatic carbocycles. The summed E-state index contributed by atoms with van der Waals surface area (Å²) in [7, 11) is -7.56. The highest BCUT2D eigenvalue weighted by Crippen LogP contribution is 2.30. The predicted molar refractivity (Wildman–Crippen MR) is 101 cm³/mol. The third-order valence-corrected chi connectivity index (χ3v) is 7.47. The Bertz CT molecular complexity index is 1110. The molecule has 0 unspecified atom stereocenters. The summed E-state index contributed by atoms with van der Waals surface area (Å²) in [5.74, 6) is -0.525. The normalized spacial score (nSPS) is 16.6. The molecule has 29 heavy (non-hydrogen) atoms. The minimum absolute atomic E-state index is 0.0221. The van der Waals surface area contributed by atoms with Crippen LogP contribution >= 0.6 is 0 Å². The van der Waals surface area contributed by atoms with E-state index in [2.05, 4.69) is 9.46 Å². The highest BCUT2D eigenvalue weighted by Gasteiger charge is 2.31. The van der Waals surface area contributed by atoms with E-state index in [0.29, 0.717) is 24.2 Å². The summed E-state index contributed by atoms with van der Waals surface area (Å²) in [4.78, 5) is -0.273. The molecule has 12 heteroatoms. The lowest BCUT2D eigenvalue weighted by atomic mass is 10.2. The van der Waals surface area contributed by atoms with E-state index in [1.54, 1.807) is 19.1 Å². The van der Waals surface area contributed by atoms with Crippen LogP contribution in [0.3, 0.4) is 0 Å². The van der Waals surface area contributed by atoms with E-state index in [9.17, 15) is 30.0 Å². The average Bonchev–Trinajstić information content (AvgIpc) is 2.95. The van der Waals surface area contributed by atoms with Gasteiger partial charge in [-0.3, -0.25) is 9.03 Å². The Labute approximate surface area is 166 Å². The summed E-state index contributed by atoms with van der Waals surface area (Å²) in [5, 5.41) is 0. The van der Waals surface area contributed by atoms with Crippen molar-refractivity contribution in [3.05, 3.63) is 48.0 Å². The lowest BCUT2D eigenvalue weighted by Gasteiger charge is -2.19. The summed E-state index contributed by atoms with van der Waals surface area (Å²) in [6, 6.07) is 8.32. The molecule has 158 valence electrons. The first kappa shape index (κ1) is 21.2. The van der Waals surface area contributed by atoms with Gasteiger partial charge >= 0.3 is 6.36 Å². The van der Waals surface area contributed by atoms with Crippen LogP contribution in [0.15, 0.2) is 47.4 Å². The van der Waals surface area contributed by atoms with Crippen molar-refractivity contribution < 1.29 is 34.7 Å². The topological polar surface area (TPSA) is 92.8 Å². The number of hydrogen-bond acceptors (Lipinski definition) is 5. The maximum atomic E-state index is 12.6. The first-order chi connectivity index (χ1) is 13.4. The summed E-state index contributed by atoms with van der Waals surface area (Å²) in [5.41, 5.74) is 1.05. The molecule has 1 fully saturated rings. The molecule has 0 atom stereocenters. The maximum absolute atomic E-state index is 12.6. The summed E-state index contributed by atoms with van der Waals surface area (Å²) in [6.45, 7) is 1.94. The molecule has 1 saturated heterocycles. The van der Waals surface area contributed by atoms with Crippen molar-refractivity contribution in [1.29, 1.82) is 0 Å².